The Morgan fingerprint density at radius 2 is 2.06 bits per heavy atom. The van der Waals surface area contributed by atoms with Crippen LogP contribution in [0.3, 0.4) is 0 Å². The summed E-state index contributed by atoms with van der Waals surface area (Å²) in [5.41, 5.74) is 1.05. The first-order chi connectivity index (χ1) is 8.28. The highest BCUT2D eigenvalue weighted by atomic mass is 16.5. The number of hydrogen-bond acceptors (Lipinski definition) is 3. The Morgan fingerprint density at radius 1 is 1.29 bits per heavy atom. The first-order valence-corrected chi connectivity index (χ1v) is 5.59. The zero-order chi connectivity index (χ0) is 12.1. The Bertz CT molecular complexity index is 532. The molecule has 0 aliphatic carbocycles. The van der Waals surface area contributed by atoms with Gasteiger partial charge in [-0.3, -0.25) is 4.79 Å². The van der Waals surface area contributed by atoms with E-state index in [1.165, 1.54) is 18.0 Å². The molecule has 1 heterocycles. The van der Waals surface area contributed by atoms with E-state index in [0.29, 0.717) is 11.6 Å². The van der Waals surface area contributed by atoms with Crippen LogP contribution in [0, 0.1) is 0 Å². The summed E-state index contributed by atoms with van der Waals surface area (Å²) >= 11 is 0. The summed E-state index contributed by atoms with van der Waals surface area (Å²) in [6, 6.07) is 9.12. The van der Waals surface area contributed by atoms with Crippen LogP contribution in [-0.4, -0.2) is 9.97 Å². The Hall–Kier alpha value is -2.10. The lowest BCUT2D eigenvalue weighted by Crippen LogP contribution is -2.04. The molecule has 17 heavy (non-hydrogen) atoms. The van der Waals surface area contributed by atoms with E-state index >= 15 is 0 Å². The average molecular weight is 230 g/mol. The molecule has 2 aromatic rings. The van der Waals surface area contributed by atoms with Crippen molar-refractivity contribution in [3.63, 3.8) is 0 Å². The summed E-state index contributed by atoms with van der Waals surface area (Å²) in [5.74, 6) is 0.986. The minimum atomic E-state index is -0.224. The molecule has 0 fully saturated rings. The van der Waals surface area contributed by atoms with Crippen molar-refractivity contribution >= 4 is 0 Å². The number of nitrogens with one attached hydrogen (secondary N) is 1. The van der Waals surface area contributed by atoms with Crippen molar-refractivity contribution in [3.05, 3.63) is 52.6 Å². The number of ether oxygens (including phenoxy) is 1. The summed E-state index contributed by atoms with van der Waals surface area (Å²) in [5, 5.41) is 0. The summed E-state index contributed by atoms with van der Waals surface area (Å²) in [6.45, 7) is 2.14. The fourth-order valence-electron chi connectivity index (χ4n) is 1.54. The van der Waals surface area contributed by atoms with Crippen LogP contribution in [-0.2, 0) is 6.42 Å². The molecule has 0 bridgehead atoms. The van der Waals surface area contributed by atoms with E-state index in [1.807, 2.05) is 24.3 Å². The van der Waals surface area contributed by atoms with Crippen LogP contribution >= 0.6 is 0 Å². The molecule has 4 nitrogen and oxygen atoms in total. The molecule has 4 heteroatoms. The second-order valence-corrected chi connectivity index (χ2v) is 3.75. The van der Waals surface area contributed by atoms with Crippen molar-refractivity contribution in [2.45, 2.75) is 19.8 Å². The lowest BCUT2D eigenvalue weighted by atomic mass is 10.1. The normalized spacial score (nSPS) is 10.2. The molecule has 1 aromatic carbocycles. The molecule has 0 saturated heterocycles. The predicted molar refractivity (Wildman–Crippen MR) is 65.4 cm³/mol. The minimum absolute atomic E-state index is 0.224. The number of rotatable bonds is 4. The molecule has 0 spiro atoms. The molecular weight excluding hydrogens is 216 g/mol. The Morgan fingerprint density at radius 3 is 2.71 bits per heavy atom. The second kappa shape index (κ2) is 5.30. The van der Waals surface area contributed by atoms with Gasteiger partial charge in [0.2, 0.25) is 5.88 Å². The van der Waals surface area contributed by atoms with Gasteiger partial charge in [0.1, 0.15) is 5.75 Å². The van der Waals surface area contributed by atoms with Crippen LogP contribution in [0.5, 0.6) is 11.6 Å². The highest BCUT2D eigenvalue weighted by Gasteiger charge is 1.99. The molecule has 0 atom stereocenters. The Labute approximate surface area is 99.3 Å². The summed E-state index contributed by atoms with van der Waals surface area (Å²) in [7, 11) is 0. The molecule has 0 unspecified atom stereocenters. The van der Waals surface area contributed by atoms with Crippen LogP contribution in [0.1, 0.15) is 18.9 Å². The van der Waals surface area contributed by atoms with Gasteiger partial charge in [-0.05, 0) is 24.1 Å². The van der Waals surface area contributed by atoms with Crippen molar-refractivity contribution in [2.24, 2.45) is 0 Å². The third-order valence-electron chi connectivity index (χ3n) is 2.34. The van der Waals surface area contributed by atoms with Crippen LogP contribution < -0.4 is 10.3 Å². The van der Waals surface area contributed by atoms with E-state index < -0.39 is 0 Å². The van der Waals surface area contributed by atoms with Crippen molar-refractivity contribution in [2.75, 3.05) is 0 Å². The van der Waals surface area contributed by atoms with Gasteiger partial charge in [0.05, 0.1) is 12.4 Å². The van der Waals surface area contributed by atoms with Crippen LogP contribution in [0.25, 0.3) is 0 Å². The van der Waals surface area contributed by atoms with Crippen LogP contribution in [0.2, 0.25) is 0 Å². The monoisotopic (exact) mass is 230 g/mol. The molecule has 1 aromatic heterocycles. The SMILES string of the molecule is CCCc1ccc(Oc2cc(=O)[nH]cn2)cc1. The number of benzene rings is 1. The molecule has 0 saturated carbocycles. The molecule has 88 valence electrons. The zero-order valence-corrected chi connectivity index (χ0v) is 9.64. The quantitative estimate of drug-likeness (QED) is 0.878. The van der Waals surface area contributed by atoms with E-state index in [1.54, 1.807) is 0 Å². The van der Waals surface area contributed by atoms with Crippen molar-refractivity contribution in [1.29, 1.82) is 0 Å². The maximum absolute atomic E-state index is 11.0. The first-order valence-electron chi connectivity index (χ1n) is 5.59. The largest absolute Gasteiger partial charge is 0.439 e. The summed E-state index contributed by atoms with van der Waals surface area (Å²) in [4.78, 5) is 17.4. The fraction of sp³-hybridized carbons (Fsp3) is 0.231. The topological polar surface area (TPSA) is 55.0 Å². The first kappa shape index (κ1) is 11.4. The maximum Gasteiger partial charge on any atom is 0.254 e. The Balaban J connectivity index is 2.11. The summed E-state index contributed by atoms with van der Waals surface area (Å²) < 4.78 is 5.46. The molecular formula is C13H14N2O2. The van der Waals surface area contributed by atoms with Gasteiger partial charge < -0.3 is 9.72 Å². The van der Waals surface area contributed by atoms with Gasteiger partial charge in [0, 0.05) is 0 Å². The van der Waals surface area contributed by atoms with Gasteiger partial charge >= 0.3 is 0 Å². The minimum Gasteiger partial charge on any atom is -0.439 e. The molecule has 0 aliphatic rings. The fourth-order valence-corrected chi connectivity index (χ4v) is 1.54. The van der Waals surface area contributed by atoms with Crippen molar-refractivity contribution in [1.82, 2.24) is 9.97 Å². The van der Waals surface area contributed by atoms with Gasteiger partial charge in [-0.15, -0.1) is 0 Å². The van der Waals surface area contributed by atoms with Crippen LogP contribution in [0.15, 0.2) is 41.5 Å². The highest BCUT2D eigenvalue weighted by molar-refractivity contribution is 5.30. The van der Waals surface area contributed by atoms with E-state index in [-0.39, 0.29) is 5.56 Å². The molecule has 0 radical (unpaired) electrons. The van der Waals surface area contributed by atoms with E-state index in [4.69, 9.17) is 4.74 Å². The number of hydrogen-bond donors (Lipinski definition) is 1. The molecule has 1 N–H and O–H groups in total. The van der Waals surface area contributed by atoms with Crippen molar-refractivity contribution in [3.8, 4) is 11.6 Å². The zero-order valence-electron chi connectivity index (χ0n) is 9.64. The number of aromatic amines is 1. The smallest absolute Gasteiger partial charge is 0.254 e. The predicted octanol–water partition coefficient (Wildman–Crippen LogP) is 2.51. The number of nitrogens with zero attached hydrogens (tertiary/aromatic N) is 1. The van der Waals surface area contributed by atoms with E-state index in [2.05, 4.69) is 16.9 Å². The highest BCUT2D eigenvalue weighted by Crippen LogP contribution is 2.18. The molecule has 0 amide bonds. The van der Waals surface area contributed by atoms with Gasteiger partial charge in [-0.2, -0.15) is 0 Å². The second-order valence-electron chi connectivity index (χ2n) is 3.75. The average Bonchev–Trinajstić information content (AvgIpc) is 2.32. The summed E-state index contributed by atoms with van der Waals surface area (Å²) in [6.07, 6.45) is 3.50. The lowest BCUT2D eigenvalue weighted by Gasteiger charge is -2.04. The Kier molecular flexibility index (Phi) is 3.55. The van der Waals surface area contributed by atoms with Gasteiger partial charge in [-0.25, -0.2) is 4.98 Å². The third kappa shape index (κ3) is 3.17. The molecule has 2 rings (SSSR count). The van der Waals surface area contributed by atoms with Gasteiger partial charge in [0.15, 0.2) is 0 Å². The molecule has 0 aliphatic heterocycles. The van der Waals surface area contributed by atoms with Crippen LogP contribution in [0.4, 0.5) is 0 Å². The third-order valence-corrected chi connectivity index (χ3v) is 2.34. The number of H-pyrrole nitrogens is 1. The maximum atomic E-state index is 11.0. The van der Waals surface area contributed by atoms with E-state index in [0.717, 1.165) is 12.8 Å². The lowest BCUT2D eigenvalue weighted by molar-refractivity contribution is 0.460. The standard InChI is InChI=1S/C13H14N2O2/c1-2-3-10-4-6-11(7-5-10)17-13-8-12(16)14-9-15-13/h4-9H,2-3H2,1H3,(H,14,15,16). The number of aromatic nitrogens is 2. The van der Waals surface area contributed by atoms with Crippen molar-refractivity contribution < 1.29 is 4.74 Å². The van der Waals surface area contributed by atoms with Gasteiger partial charge in [-0.1, -0.05) is 25.5 Å². The van der Waals surface area contributed by atoms with E-state index in [9.17, 15) is 4.79 Å². The number of aryl methyl sites for hydroxylation is 1. The van der Waals surface area contributed by atoms with Gasteiger partial charge in [0.25, 0.3) is 5.56 Å².